The van der Waals surface area contributed by atoms with Crippen molar-refractivity contribution in [1.82, 2.24) is 20.4 Å². The third-order valence-electron chi connectivity index (χ3n) is 5.47. The fourth-order valence-electron chi connectivity index (χ4n) is 3.78. The minimum absolute atomic E-state index is 0.258. The van der Waals surface area contributed by atoms with Gasteiger partial charge >= 0.3 is 0 Å². The number of halogens is 1. The number of nitrogens with one attached hydrogen (secondary N) is 1. The normalized spacial score (nSPS) is 16.4. The first kappa shape index (κ1) is 22.5. The monoisotopic (exact) mass is 468 g/mol. The van der Waals surface area contributed by atoms with Crippen LogP contribution in [0.3, 0.4) is 0 Å². The average Bonchev–Trinajstić information content (AvgIpc) is 3.26. The zero-order valence-electron chi connectivity index (χ0n) is 18.3. The fraction of sp³-hybridized carbons (Fsp3) is 0.292. The van der Waals surface area contributed by atoms with Crippen molar-refractivity contribution in [3.05, 3.63) is 76.3 Å². The van der Waals surface area contributed by atoms with Crippen molar-refractivity contribution in [2.45, 2.75) is 26.3 Å². The number of thiocarbonyl (C=S) groups is 1. The van der Waals surface area contributed by atoms with Gasteiger partial charge in [-0.1, -0.05) is 58.7 Å². The van der Waals surface area contributed by atoms with Crippen molar-refractivity contribution in [1.29, 1.82) is 0 Å². The summed E-state index contributed by atoms with van der Waals surface area (Å²) in [6.07, 6.45) is 0.837. The number of nitrogens with zero attached hydrogens (tertiary/aromatic N) is 3. The number of aryl methyl sites for hydroxylation is 1. The number of hydrogen-bond acceptors (Lipinski definition) is 5. The molecule has 0 radical (unpaired) electrons. The molecule has 6 nitrogen and oxygen atoms in total. The van der Waals surface area contributed by atoms with Gasteiger partial charge in [-0.25, -0.2) is 0 Å². The number of aromatic nitrogens is 2. The molecule has 32 heavy (non-hydrogen) atoms. The summed E-state index contributed by atoms with van der Waals surface area (Å²) in [5.74, 6) is 0.999. The van der Waals surface area contributed by atoms with E-state index in [4.69, 9.17) is 38.1 Å². The Labute approximate surface area is 198 Å². The Hall–Kier alpha value is -2.74. The molecule has 0 aliphatic carbocycles. The first-order valence-corrected chi connectivity index (χ1v) is 11.2. The molecule has 1 unspecified atom stereocenters. The van der Waals surface area contributed by atoms with Crippen molar-refractivity contribution in [3.8, 4) is 11.4 Å². The van der Waals surface area contributed by atoms with Gasteiger partial charge in [0, 0.05) is 36.5 Å². The lowest BCUT2D eigenvalue weighted by Crippen LogP contribution is -2.46. The lowest BCUT2D eigenvalue weighted by atomic mass is 9.94. The van der Waals surface area contributed by atoms with Crippen LogP contribution in [0.15, 0.2) is 58.8 Å². The predicted molar refractivity (Wildman–Crippen MR) is 130 cm³/mol. The Morgan fingerprint density at radius 2 is 1.97 bits per heavy atom. The van der Waals surface area contributed by atoms with Crippen molar-refractivity contribution in [2.24, 2.45) is 0 Å². The van der Waals surface area contributed by atoms with E-state index in [2.05, 4.69) is 15.4 Å². The van der Waals surface area contributed by atoms with E-state index in [-0.39, 0.29) is 6.04 Å². The van der Waals surface area contributed by atoms with Crippen molar-refractivity contribution < 1.29 is 9.26 Å². The minimum Gasteiger partial charge on any atom is -0.385 e. The van der Waals surface area contributed by atoms with Gasteiger partial charge in [0.15, 0.2) is 5.11 Å². The van der Waals surface area contributed by atoms with Crippen LogP contribution < -0.4 is 5.32 Å². The molecular formula is C24H25ClN4O2S. The van der Waals surface area contributed by atoms with Gasteiger partial charge in [-0.2, -0.15) is 4.98 Å². The van der Waals surface area contributed by atoms with Crippen LogP contribution in [0.25, 0.3) is 17.0 Å². The first-order valence-electron chi connectivity index (χ1n) is 10.4. The lowest BCUT2D eigenvalue weighted by molar-refractivity contribution is 0.188. The highest BCUT2D eigenvalue weighted by Crippen LogP contribution is 2.38. The second kappa shape index (κ2) is 9.81. The van der Waals surface area contributed by atoms with Crippen LogP contribution in [0.1, 0.15) is 36.4 Å². The van der Waals surface area contributed by atoms with Gasteiger partial charge < -0.3 is 19.5 Å². The highest BCUT2D eigenvalue weighted by atomic mass is 35.5. The SMILES string of the molecule is COCCCN1C(=S)NC(c2cccc(Cl)c2)C(c2nc(-c3ccc(C)cc3)no2)=C1C. The number of rotatable bonds is 7. The molecular weight excluding hydrogens is 444 g/mol. The van der Waals surface area contributed by atoms with E-state index >= 15 is 0 Å². The molecule has 0 fully saturated rings. The quantitative estimate of drug-likeness (QED) is 0.368. The van der Waals surface area contributed by atoms with Gasteiger partial charge in [-0.15, -0.1) is 0 Å². The number of ether oxygens (including phenoxy) is 1. The molecule has 1 aliphatic heterocycles. The van der Waals surface area contributed by atoms with E-state index in [1.807, 2.05) is 62.4 Å². The molecule has 0 bridgehead atoms. The molecule has 1 aliphatic rings. The number of allylic oxidation sites excluding steroid dienone is 1. The van der Waals surface area contributed by atoms with E-state index in [1.165, 1.54) is 5.56 Å². The number of hydrogen-bond donors (Lipinski definition) is 1. The molecule has 0 saturated carbocycles. The summed E-state index contributed by atoms with van der Waals surface area (Å²) in [5.41, 5.74) is 4.90. The molecule has 4 rings (SSSR count). The second-order valence-electron chi connectivity index (χ2n) is 7.72. The first-order chi connectivity index (χ1) is 15.5. The van der Waals surface area contributed by atoms with E-state index in [1.54, 1.807) is 7.11 Å². The van der Waals surface area contributed by atoms with Crippen LogP contribution in [0.5, 0.6) is 0 Å². The maximum Gasteiger partial charge on any atom is 0.258 e. The van der Waals surface area contributed by atoms with E-state index in [0.717, 1.165) is 35.4 Å². The summed E-state index contributed by atoms with van der Waals surface area (Å²) in [4.78, 5) is 6.79. The van der Waals surface area contributed by atoms with Gasteiger partial charge in [-0.3, -0.25) is 0 Å². The molecule has 2 heterocycles. The highest BCUT2D eigenvalue weighted by Gasteiger charge is 2.34. The largest absolute Gasteiger partial charge is 0.385 e. The summed E-state index contributed by atoms with van der Waals surface area (Å²) in [7, 11) is 1.70. The molecule has 1 aromatic heterocycles. The minimum atomic E-state index is -0.258. The van der Waals surface area contributed by atoms with Crippen LogP contribution in [0.2, 0.25) is 5.02 Å². The summed E-state index contributed by atoms with van der Waals surface area (Å²) in [5, 5.41) is 8.99. The molecule has 1 atom stereocenters. The molecule has 0 amide bonds. The van der Waals surface area contributed by atoms with Gasteiger partial charge in [0.25, 0.3) is 5.89 Å². The molecule has 3 aromatic rings. The Bertz CT molecular complexity index is 1140. The predicted octanol–water partition coefficient (Wildman–Crippen LogP) is 5.40. The molecule has 8 heteroatoms. The second-order valence-corrected chi connectivity index (χ2v) is 8.55. The third kappa shape index (κ3) is 4.70. The van der Waals surface area contributed by atoms with E-state index in [9.17, 15) is 0 Å². The molecule has 166 valence electrons. The Morgan fingerprint density at radius 3 is 2.69 bits per heavy atom. The zero-order valence-corrected chi connectivity index (χ0v) is 19.8. The standard InChI is InChI=1S/C24H25ClN4O2S/c1-15-8-10-17(11-9-15)22-27-23(31-28-22)20-16(2)29(12-5-13-30-3)24(32)26-21(20)18-6-4-7-19(25)14-18/h4,6-11,14,21H,5,12-13H2,1-3H3,(H,26,32). The lowest BCUT2D eigenvalue weighted by Gasteiger charge is -2.37. The molecule has 0 saturated heterocycles. The van der Waals surface area contributed by atoms with Crippen LogP contribution >= 0.6 is 23.8 Å². The van der Waals surface area contributed by atoms with Gasteiger partial charge in [0.2, 0.25) is 5.82 Å². The van der Waals surface area contributed by atoms with Gasteiger partial charge in [0.05, 0.1) is 11.6 Å². The average molecular weight is 469 g/mol. The maximum atomic E-state index is 6.29. The third-order valence-corrected chi connectivity index (χ3v) is 6.05. The summed E-state index contributed by atoms with van der Waals surface area (Å²) in [6.45, 7) is 5.44. The smallest absolute Gasteiger partial charge is 0.258 e. The van der Waals surface area contributed by atoms with Crippen molar-refractivity contribution in [2.75, 3.05) is 20.3 Å². The number of methoxy groups -OCH3 is 1. The summed E-state index contributed by atoms with van der Waals surface area (Å²) in [6, 6.07) is 15.5. The molecule has 1 N–H and O–H groups in total. The van der Waals surface area contributed by atoms with Crippen LogP contribution in [-0.4, -0.2) is 40.4 Å². The van der Waals surface area contributed by atoms with Gasteiger partial charge in [0.1, 0.15) is 0 Å². The van der Waals surface area contributed by atoms with Gasteiger partial charge in [-0.05, 0) is 50.2 Å². The molecule has 0 spiro atoms. The van der Waals surface area contributed by atoms with Crippen molar-refractivity contribution >= 4 is 34.5 Å². The summed E-state index contributed by atoms with van der Waals surface area (Å²) < 4.78 is 11.0. The molecule has 2 aromatic carbocycles. The zero-order chi connectivity index (χ0) is 22.7. The van der Waals surface area contributed by atoms with Crippen LogP contribution in [0.4, 0.5) is 0 Å². The maximum absolute atomic E-state index is 6.29. The Morgan fingerprint density at radius 1 is 1.19 bits per heavy atom. The van der Waals surface area contributed by atoms with Crippen molar-refractivity contribution in [3.63, 3.8) is 0 Å². The fourth-order valence-corrected chi connectivity index (χ4v) is 4.33. The van der Waals surface area contributed by atoms with Crippen LogP contribution in [-0.2, 0) is 4.74 Å². The van der Waals surface area contributed by atoms with Crippen LogP contribution in [0, 0.1) is 6.92 Å². The number of benzene rings is 2. The Kier molecular flexibility index (Phi) is 6.89. The summed E-state index contributed by atoms with van der Waals surface area (Å²) >= 11 is 12.0. The van der Waals surface area contributed by atoms with E-state index in [0.29, 0.717) is 28.5 Å². The highest BCUT2D eigenvalue weighted by molar-refractivity contribution is 7.80. The topological polar surface area (TPSA) is 63.4 Å². The van der Waals surface area contributed by atoms with E-state index < -0.39 is 0 Å². The Balaban J connectivity index is 1.77.